The Labute approximate surface area is 143 Å². The number of anilines is 2. The molecular weight excluding hydrogens is 331 g/mol. The van der Waals surface area contributed by atoms with E-state index in [-0.39, 0.29) is 17.8 Å². The largest absolute Gasteiger partial charge is 0.478 e. The highest BCUT2D eigenvalue weighted by Gasteiger charge is 2.17. The maximum atomic E-state index is 13.8. The van der Waals surface area contributed by atoms with Gasteiger partial charge >= 0.3 is 12.1 Å². The van der Waals surface area contributed by atoms with Gasteiger partial charge in [0.25, 0.3) is 0 Å². The molecule has 0 atom stereocenters. The van der Waals surface area contributed by atoms with Gasteiger partial charge in [-0.2, -0.15) is 0 Å². The van der Waals surface area contributed by atoms with Gasteiger partial charge in [0.05, 0.1) is 17.8 Å². The molecule has 0 aliphatic rings. The number of rotatable bonds is 5. The second-order valence-corrected chi connectivity index (χ2v) is 6.28. The molecule has 0 aliphatic carbocycles. The third kappa shape index (κ3) is 5.52. The number of furan rings is 1. The molecule has 2 rings (SSSR count). The molecule has 0 aliphatic heterocycles. The van der Waals surface area contributed by atoms with E-state index in [1.807, 2.05) is 0 Å². The van der Waals surface area contributed by atoms with E-state index in [0.29, 0.717) is 11.4 Å². The zero-order valence-corrected chi connectivity index (χ0v) is 14.1. The summed E-state index contributed by atoms with van der Waals surface area (Å²) in [5, 5.41) is 14.1. The average Bonchev–Trinajstić information content (AvgIpc) is 2.95. The number of carboxylic acids is 1. The maximum absolute atomic E-state index is 13.8. The lowest BCUT2D eigenvalue weighted by Crippen LogP contribution is -2.27. The highest BCUT2D eigenvalue weighted by molar-refractivity contribution is 5.87. The third-order valence-corrected chi connectivity index (χ3v) is 2.97. The van der Waals surface area contributed by atoms with Gasteiger partial charge < -0.3 is 19.6 Å². The number of carboxylic acid groups (broad SMARTS) is 1. The van der Waals surface area contributed by atoms with Crippen molar-refractivity contribution in [2.75, 3.05) is 10.6 Å². The van der Waals surface area contributed by atoms with Crippen LogP contribution in [0.5, 0.6) is 0 Å². The molecular formula is C17H19FN2O5. The second-order valence-electron chi connectivity index (χ2n) is 6.28. The molecule has 7 nitrogen and oxygen atoms in total. The first-order valence-electron chi connectivity index (χ1n) is 7.48. The Morgan fingerprint density at radius 3 is 2.60 bits per heavy atom. The summed E-state index contributed by atoms with van der Waals surface area (Å²) in [5.74, 6) is -1.29. The summed E-state index contributed by atoms with van der Waals surface area (Å²) in [7, 11) is 0. The fourth-order valence-electron chi connectivity index (χ4n) is 1.92. The molecule has 1 aromatic carbocycles. The molecule has 0 saturated carbocycles. The normalized spacial score (nSPS) is 11.0. The van der Waals surface area contributed by atoms with E-state index in [4.69, 9.17) is 14.3 Å². The minimum absolute atomic E-state index is 0.0371. The van der Waals surface area contributed by atoms with Crippen molar-refractivity contribution in [2.24, 2.45) is 0 Å². The van der Waals surface area contributed by atoms with Crippen LogP contribution in [0.25, 0.3) is 0 Å². The molecule has 0 saturated heterocycles. The first-order valence-corrected chi connectivity index (χ1v) is 7.48. The van der Waals surface area contributed by atoms with E-state index in [1.54, 1.807) is 20.8 Å². The highest BCUT2D eigenvalue weighted by Crippen LogP contribution is 2.21. The minimum Gasteiger partial charge on any atom is -0.478 e. The van der Waals surface area contributed by atoms with Gasteiger partial charge in [0.15, 0.2) is 0 Å². The first-order chi connectivity index (χ1) is 11.6. The van der Waals surface area contributed by atoms with Crippen molar-refractivity contribution < 1.29 is 28.2 Å². The second kappa shape index (κ2) is 7.25. The van der Waals surface area contributed by atoms with E-state index in [9.17, 15) is 14.0 Å². The molecule has 1 heterocycles. The van der Waals surface area contributed by atoms with E-state index in [0.717, 1.165) is 6.26 Å². The quantitative estimate of drug-likeness (QED) is 0.751. The van der Waals surface area contributed by atoms with Crippen molar-refractivity contribution in [1.82, 2.24) is 0 Å². The predicted octanol–water partition coefficient (Wildman–Crippen LogP) is 4.08. The van der Waals surface area contributed by atoms with E-state index in [2.05, 4.69) is 10.6 Å². The van der Waals surface area contributed by atoms with Gasteiger partial charge in [-0.25, -0.2) is 14.0 Å². The Kier molecular flexibility index (Phi) is 5.31. The van der Waals surface area contributed by atoms with Crippen molar-refractivity contribution in [2.45, 2.75) is 32.9 Å². The number of aromatic carboxylic acids is 1. The van der Waals surface area contributed by atoms with Gasteiger partial charge in [0.2, 0.25) is 0 Å². The lowest BCUT2D eigenvalue weighted by molar-refractivity contribution is 0.0633. The molecule has 0 unspecified atom stereocenters. The number of hydrogen-bond acceptors (Lipinski definition) is 5. The Balaban J connectivity index is 2.02. The van der Waals surface area contributed by atoms with Crippen LogP contribution < -0.4 is 10.6 Å². The molecule has 0 spiro atoms. The Bertz CT molecular complexity index is 780. The van der Waals surface area contributed by atoms with Crippen LogP contribution in [0.15, 0.2) is 34.9 Å². The molecule has 1 amide bonds. The van der Waals surface area contributed by atoms with Crippen molar-refractivity contribution in [3.05, 3.63) is 47.7 Å². The topological polar surface area (TPSA) is 101 Å². The summed E-state index contributed by atoms with van der Waals surface area (Å²) in [5.41, 5.74) is -0.175. The SMILES string of the molecule is CC(C)(C)OC(=O)Nc1cc(NCc2cc(C(=O)O)co2)ccc1F. The van der Waals surface area contributed by atoms with Crippen LogP contribution >= 0.6 is 0 Å². The Morgan fingerprint density at radius 1 is 1.28 bits per heavy atom. The van der Waals surface area contributed by atoms with Gasteiger partial charge in [0, 0.05) is 5.69 Å². The number of ether oxygens (including phenoxy) is 1. The lowest BCUT2D eigenvalue weighted by atomic mass is 10.2. The number of amides is 1. The van der Waals surface area contributed by atoms with Crippen molar-refractivity contribution in [3.63, 3.8) is 0 Å². The summed E-state index contributed by atoms with van der Waals surface area (Å²) in [6, 6.07) is 5.47. The number of hydrogen-bond donors (Lipinski definition) is 3. The van der Waals surface area contributed by atoms with Crippen LogP contribution in [-0.2, 0) is 11.3 Å². The summed E-state index contributed by atoms with van der Waals surface area (Å²) in [6.45, 7) is 5.31. The molecule has 134 valence electrons. The smallest absolute Gasteiger partial charge is 0.412 e. The van der Waals surface area contributed by atoms with E-state index in [1.165, 1.54) is 24.3 Å². The maximum Gasteiger partial charge on any atom is 0.412 e. The van der Waals surface area contributed by atoms with Crippen molar-refractivity contribution in [3.8, 4) is 0 Å². The zero-order valence-electron chi connectivity index (χ0n) is 14.1. The number of nitrogens with one attached hydrogen (secondary N) is 2. The van der Waals surface area contributed by atoms with E-state index >= 15 is 0 Å². The highest BCUT2D eigenvalue weighted by atomic mass is 19.1. The fourth-order valence-corrected chi connectivity index (χ4v) is 1.92. The van der Waals surface area contributed by atoms with E-state index < -0.39 is 23.5 Å². The van der Waals surface area contributed by atoms with Gasteiger partial charge in [0.1, 0.15) is 23.4 Å². The summed E-state index contributed by atoms with van der Waals surface area (Å²) in [6.07, 6.45) is 0.375. The lowest BCUT2D eigenvalue weighted by Gasteiger charge is -2.20. The van der Waals surface area contributed by atoms with Crippen LogP contribution in [0.1, 0.15) is 36.9 Å². The van der Waals surface area contributed by atoms with Crippen molar-refractivity contribution in [1.29, 1.82) is 0 Å². The fraction of sp³-hybridized carbons (Fsp3) is 0.294. The molecule has 0 fully saturated rings. The van der Waals surface area contributed by atoms with Gasteiger partial charge in [-0.3, -0.25) is 5.32 Å². The summed E-state index contributed by atoms with van der Waals surface area (Å²) < 4.78 is 24.0. The Morgan fingerprint density at radius 2 is 2.00 bits per heavy atom. The van der Waals surface area contributed by atoms with Gasteiger partial charge in [-0.05, 0) is 45.0 Å². The molecule has 1 aromatic heterocycles. The molecule has 8 heteroatoms. The van der Waals surface area contributed by atoms with Crippen LogP contribution in [0.2, 0.25) is 0 Å². The average molecular weight is 350 g/mol. The van der Waals surface area contributed by atoms with Crippen LogP contribution in [-0.4, -0.2) is 22.8 Å². The van der Waals surface area contributed by atoms with Crippen LogP contribution in [0.3, 0.4) is 0 Å². The molecule has 2 aromatic rings. The standard InChI is InChI=1S/C17H19FN2O5/c1-17(2,3)25-16(23)20-14-7-11(4-5-13(14)18)19-8-12-6-10(9-24-12)15(21)22/h4-7,9,19H,8H2,1-3H3,(H,20,23)(H,21,22). The molecule has 3 N–H and O–H groups in total. The van der Waals surface area contributed by atoms with Gasteiger partial charge in [-0.1, -0.05) is 0 Å². The number of carbonyl (C=O) groups is 2. The van der Waals surface area contributed by atoms with Crippen LogP contribution in [0, 0.1) is 5.82 Å². The first kappa shape index (κ1) is 18.3. The van der Waals surface area contributed by atoms with Crippen molar-refractivity contribution >= 4 is 23.4 Å². The predicted molar refractivity (Wildman–Crippen MR) is 89.3 cm³/mol. The number of halogens is 1. The summed E-state index contributed by atoms with van der Waals surface area (Å²) >= 11 is 0. The number of carbonyl (C=O) groups excluding carboxylic acids is 1. The molecule has 25 heavy (non-hydrogen) atoms. The number of benzene rings is 1. The molecule has 0 bridgehead atoms. The Hall–Kier alpha value is -3.03. The zero-order chi connectivity index (χ0) is 18.6. The third-order valence-electron chi connectivity index (χ3n) is 2.97. The monoisotopic (exact) mass is 350 g/mol. The summed E-state index contributed by atoms with van der Waals surface area (Å²) in [4.78, 5) is 22.5. The van der Waals surface area contributed by atoms with Crippen LogP contribution in [0.4, 0.5) is 20.6 Å². The molecule has 0 radical (unpaired) electrons. The van der Waals surface area contributed by atoms with Gasteiger partial charge in [-0.15, -0.1) is 0 Å². The minimum atomic E-state index is -1.08.